The van der Waals surface area contributed by atoms with Crippen molar-refractivity contribution < 1.29 is 9.13 Å². The number of benzene rings is 4. The summed E-state index contributed by atoms with van der Waals surface area (Å²) in [6.45, 7) is 1.68. The lowest BCUT2D eigenvalue weighted by Crippen LogP contribution is -2.31. The molecular formula is C32H27N4+. The van der Waals surface area contributed by atoms with Gasteiger partial charge in [0.15, 0.2) is 0 Å². The summed E-state index contributed by atoms with van der Waals surface area (Å²) in [6, 6.07) is 39.3. The van der Waals surface area contributed by atoms with Gasteiger partial charge in [0, 0.05) is 0 Å². The van der Waals surface area contributed by atoms with Crippen LogP contribution in [0, 0.1) is 6.07 Å². The highest BCUT2D eigenvalue weighted by atomic mass is 15.1. The highest BCUT2D eigenvalue weighted by molar-refractivity contribution is 5.65. The Labute approximate surface area is 211 Å². The van der Waals surface area contributed by atoms with Crippen LogP contribution in [0.1, 0.15) is 11.1 Å². The van der Waals surface area contributed by atoms with Gasteiger partial charge in [-0.15, -0.1) is 5.56 Å². The number of aromatic nitrogens is 4. The fourth-order valence-corrected chi connectivity index (χ4v) is 4.45. The second-order valence-corrected chi connectivity index (χ2v) is 8.95. The third-order valence-electron chi connectivity index (χ3n) is 6.38. The van der Waals surface area contributed by atoms with E-state index in [1.165, 1.54) is 22.3 Å². The van der Waals surface area contributed by atoms with Crippen molar-refractivity contribution in [1.29, 1.82) is 0 Å². The van der Waals surface area contributed by atoms with E-state index < -0.39 is 0 Å². The van der Waals surface area contributed by atoms with Crippen LogP contribution in [0.2, 0.25) is 0 Å². The topological polar surface area (TPSA) is 17.6 Å². The molecule has 6 rings (SSSR count). The summed E-state index contributed by atoms with van der Waals surface area (Å²) in [7, 11) is 0. The molecule has 6 aromatic rings. The van der Waals surface area contributed by atoms with E-state index in [-0.39, 0.29) is 0 Å². The van der Waals surface area contributed by atoms with Gasteiger partial charge in [-0.05, 0) is 41.0 Å². The first kappa shape index (κ1) is 21.8. The SMILES string of the molecule is [c-]1ccccc1C[n+]1ccn(-c2ccc(-c3ccc(-n4cc[n+](Cc5ccccc5)c4)cc3)cc2)c1. The van der Waals surface area contributed by atoms with Gasteiger partial charge in [0.2, 0.25) is 12.7 Å². The van der Waals surface area contributed by atoms with E-state index in [9.17, 15) is 0 Å². The van der Waals surface area contributed by atoms with Gasteiger partial charge in [0.05, 0.1) is 6.54 Å². The summed E-state index contributed by atoms with van der Waals surface area (Å²) in [6.07, 6.45) is 12.7. The highest BCUT2D eigenvalue weighted by Gasteiger charge is 2.09. The van der Waals surface area contributed by atoms with Gasteiger partial charge in [-0.2, -0.15) is 30.3 Å². The molecule has 4 nitrogen and oxygen atoms in total. The van der Waals surface area contributed by atoms with Crippen molar-refractivity contribution in [1.82, 2.24) is 9.13 Å². The first-order valence-electron chi connectivity index (χ1n) is 12.1. The molecule has 0 saturated heterocycles. The Bertz CT molecular complexity index is 1420. The Morgan fingerprint density at radius 3 is 1.67 bits per heavy atom. The summed E-state index contributed by atoms with van der Waals surface area (Å²) in [5.74, 6) is 0. The zero-order valence-corrected chi connectivity index (χ0v) is 20.0. The van der Waals surface area contributed by atoms with Gasteiger partial charge in [-0.1, -0.05) is 54.6 Å². The minimum absolute atomic E-state index is 0.811. The Kier molecular flexibility index (Phi) is 5.99. The van der Waals surface area contributed by atoms with Crippen LogP contribution in [0.5, 0.6) is 0 Å². The average Bonchev–Trinajstić information content (AvgIpc) is 3.60. The molecule has 0 saturated carbocycles. The van der Waals surface area contributed by atoms with E-state index in [0.29, 0.717) is 0 Å². The standard InChI is InChI=1S/C32H27N4/c1-3-7-27(8-4-1)23-33-19-21-35(25-33)31-15-11-29(12-16-31)30-13-17-32(18-14-30)36-22-20-34(26-36)24-28-9-5-2-6-10-28/h1-9,11-22,25-26H,23-24H2/q+1. The summed E-state index contributed by atoms with van der Waals surface area (Å²) in [5.41, 5.74) is 7.16. The van der Waals surface area contributed by atoms with Crippen LogP contribution >= 0.6 is 0 Å². The lowest BCUT2D eigenvalue weighted by Gasteiger charge is -2.04. The Morgan fingerprint density at radius 1 is 0.556 bits per heavy atom. The molecule has 0 aliphatic rings. The lowest BCUT2D eigenvalue weighted by atomic mass is 10.0. The second kappa shape index (κ2) is 9.88. The van der Waals surface area contributed by atoms with Gasteiger partial charge >= 0.3 is 0 Å². The summed E-state index contributed by atoms with van der Waals surface area (Å²) in [4.78, 5) is 0. The third kappa shape index (κ3) is 4.89. The zero-order chi connectivity index (χ0) is 24.2. The maximum atomic E-state index is 3.28. The van der Waals surface area contributed by atoms with Crippen molar-refractivity contribution in [3.05, 3.63) is 158 Å². The first-order chi connectivity index (χ1) is 17.8. The predicted molar refractivity (Wildman–Crippen MR) is 141 cm³/mol. The number of hydrogen-bond donors (Lipinski definition) is 0. The van der Waals surface area contributed by atoms with Crippen LogP contribution in [0.25, 0.3) is 22.5 Å². The molecule has 0 aliphatic heterocycles. The van der Waals surface area contributed by atoms with E-state index in [0.717, 1.165) is 24.5 Å². The van der Waals surface area contributed by atoms with Gasteiger partial charge in [0.1, 0.15) is 42.7 Å². The normalized spacial score (nSPS) is 11.0. The van der Waals surface area contributed by atoms with Crippen molar-refractivity contribution in [2.75, 3.05) is 0 Å². The molecule has 0 spiro atoms. The fourth-order valence-electron chi connectivity index (χ4n) is 4.45. The Balaban J connectivity index is 1.13. The van der Waals surface area contributed by atoms with Gasteiger partial charge in [-0.25, -0.2) is 18.3 Å². The van der Waals surface area contributed by atoms with E-state index in [4.69, 9.17) is 0 Å². The molecule has 0 aliphatic carbocycles. The predicted octanol–water partition coefficient (Wildman–Crippen LogP) is 5.41. The van der Waals surface area contributed by atoms with Crippen molar-refractivity contribution in [2.45, 2.75) is 13.1 Å². The number of nitrogens with zero attached hydrogens (tertiary/aromatic N) is 4. The summed E-state index contributed by atoms with van der Waals surface area (Å²) < 4.78 is 8.67. The highest BCUT2D eigenvalue weighted by Crippen LogP contribution is 2.22. The molecule has 174 valence electrons. The number of rotatable bonds is 7. The van der Waals surface area contributed by atoms with Crippen LogP contribution in [-0.2, 0) is 13.1 Å². The molecule has 0 radical (unpaired) electrons. The monoisotopic (exact) mass is 467 g/mol. The van der Waals surface area contributed by atoms with Crippen molar-refractivity contribution in [3.8, 4) is 22.5 Å². The van der Waals surface area contributed by atoms with Crippen molar-refractivity contribution >= 4 is 0 Å². The minimum Gasteiger partial charge on any atom is -0.234 e. The van der Waals surface area contributed by atoms with Crippen LogP contribution in [-0.4, -0.2) is 9.13 Å². The van der Waals surface area contributed by atoms with Crippen LogP contribution in [0.3, 0.4) is 0 Å². The largest absolute Gasteiger partial charge is 0.249 e. The van der Waals surface area contributed by atoms with Crippen LogP contribution in [0.15, 0.2) is 141 Å². The van der Waals surface area contributed by atoms with E-state index >= 15 is 0 Å². The van der Waals surface area contributed by atoms with E-state index in [2.05, 4.69) is 153 Å². The molecule has 0 N–H and O–H groups in total. The molecular weight excluding hydrogens is 440 g/mol. The maximum absolute atomic E-state index is 3.28. The molecule has 4 aromatic carbocycles. The van der Waals surface area contributed by atoms with E-state index in [1.54, 1.807) is 0 Å². The second-order valence-electron chi connectivity index (χ2n) is 8.95. The molecule has 2 heterocycles. The maximum Gasteiger partial charge on any atom is 0.249 e. The molecule has 0 fully saturated rings. The van der Waals surface area contributed by atoms with Crippen LogP contribution < -0.4 is 9.13 Å². The smallest absolute Gasteiger partial charge is 0.234 e. The Hall–Kier alpha value is -4.70. The molecule has 4 heteroatoms. The van der Waals surface area contributed by atoms with Crippen molar-refractivity contribution in [2.24, 2.45) is 0 Å². The quantitative estimate of drug-likeness (QED) is 0.221. The van der Waals surface area contributed by atoms with Gasteiger partial charge in [0.25, 0.3) is 0 Å². The minimum atomic E-state index is 0.811. The molecule has 0 bridgehead atoms. The van der Waals surface area contributed by atoms with E-state index in [1.807, 2.05) is 12.1 Å². The molecule has 0 unspecified atom stereocenters. The molecule has 36 heavy (non-hydrogen) atoms. The summed E-state index contributed by atoms with van der Waals surface area (Å²) >= 11 is 0. The Morgan fingerprint density at radius 2 is 1.11 bits per heavy atom. The zero-order valence-electron chi connectivity index (χ0n) is 20.0. The molecule has 0 amide bonds. The molecule has 0 atom stereocenters. The van der Waals surface area contributed by atoms with Crippen molar-refractivity contribution in [3.63, 3.8) is 0 Å². The van der Waals surface area contributed by atoms with Gasteiger partial charge in [-0.3, -0.25) is 0 Å². The number of imidazole rings is 2. The van der Waals surface area contributed by atoms with Crippen LogP contribution in [0.4, 0.5) is 0 Å². The average molecular weight is 468 g/mol. The third-order valence-corrected chi connectivity index (χ3v) is 6.38. The fraction of sp³-hybridized carbons (Fsp3) is 0.0625. The van der Waals surface area contributed by atoms with Gasteiger partial charge < -0.3 is 0 Å². The first-order valence-corrected chi connectivity index (χ1v) is 12.1. The number of hydrogen-bond acceptors (Lipinski definition) is 0. The molecule has 2 aromatic heterocycles. The lowest BCUT2D eigenvalue weighted by molar-refractivity contribution is -0.687. The summed E-state index contributed by atoms with van der Waals surface area (Å²) in [5, 5.41) is 0.